The third-order valence-corrected chi connectivity index (χ3v) is 2.91. The lowest BCUT2D eigenvalue weighted by Gasteiger charge is -2.43. The molecular weight excluding hydrogens is 232 g/mol. The quantitative estimate of drug-likeness (QED) is 0.308. The number of rotatable bonds is 3. The molecule has 0 aliphatic carbocycles. The molecule has 8 N–H and O–H groups in total. The van der Waals surface area contributed by atoms with Crippen molar-refractivity contribution in [1.29, 1.82) is 0 Å². The first-order valence-electron chi connectivity index (χ1n) is 5.20. The molecule has 1 fully saturated rings. The van der Waals surface area contributed by atoms with Crippen LogP contribution in [0.15, 0.2) is 0 Å². The van der Waals surface area contributed by atoms with Crippen LogP contribution in [-0.4, -0.2) is 62.6 Å². The lowest BCUT2D eigenvalue weighted by Crippen LogP contribution is -2.66. The molecule has 1 saturated heterocycles. The van der Waals surface area contributed by atoms with Gasteiger partial charge in [-0.15, -0.1) is 0 Å². The van der Waals surface area contributed by atoms with Crippen LogP contribution in [0.2, 0.25) is 0 Å². The first-order valence-corrected chi connectivity index (χ1v) is 5.20. The maximum absolute atomic E-state index is 10.8. The molecule has 1 aliphatic rings. The maximum atomic E-state index is 10.8. The number of aliphatic hydroxyl groups is 3. The third-order valence-electron chi connectivity index (χ3n) is 2.91. The highest BCUT2D eigenvalue weighted by molar-refractivity contribution is 5.75. The Labute approximate surface area is 97.8 Å². The fourth-order valence-electron chi connectivity index (χ4n) is 1.74. The smallest absolute Gasteiger partial charge is 0.364 e. The molecule has 100 valence electrons. The SMILES string of the molecule is C[C@H](O)[C@H](N)[C@@H]1O[C@](O)(C(=O)O)C[C@H](O)[C@H]1N. The van der Waals surface area contributed by atoms with Gasteiger partial charge < -0.3 is 36.6 Å². The van der Waals surface area contributed by atoms with Gasteiger partial charge in [0.05, 0.1) is 30.4 Å². The van der Waals surface area contributed by atoms with Gasteiger partial charge >= 0.3 is 5.97 Å². The second-order valence-corrected chi connectivity index (χ2v) is 4.34. The Bertz CT molecular complexity index is 295. The van der Waals surface area contributed by atoms with Crippen LogP contribution in [0.25, 0.3) is 0 Å². The van der Waals surface area contributed by atoms with Gasteiger partial charge in [0, 0.05) is 6.42 Å². The van der Waals surface area contributed by atoms with Crippen LogP contribution in [0.3, 0.4) is 0 Å². The van der Waals surface area contributed by atoms with Crippen molar-refractivity contribution in [3.63, 3.8) is 0 Å². The van der Waals surface area contributed by atoms with E-state index < -0.39 is 48.6 Å². The van der Waals surface area contributed by atoms with E-state index in [2.05, 4.69) is 0 Å². The van der Waals surface area contributed by atoms with Crippen LogP contribution in [0.4, 0.5) is 0 Å². The van der Waals surface area contributed by atoms with E-state index in [0.29, 0.717) is 0 Å². The van der Waals surface area contributed by atoms with Gasteiger partial charge in [0.15, 0.2) is 0 Å². The summed E-state index contributed by atoms with van der Waals surface area (Å²) in [5.74, 6) is -4.17. The summed E-state index contributed by atoms with van der Waals surface area (Å²) in [7, 11) is 0. The van der Waals surface area contributed by atoms with E-state index in [9.17, 15) is 20.1 Å². The molecule has 1 heterocycles. The average molecular weight is 250 g/mol. The fourth-order valence-corrected chi connectivity index (χ4v) is 1.74. The Hall–Kier alpha value is -0.770. The summed E-state index contributed by atoms with van der Waals surface area (Å²) < 4.78 is 4.93. The third kappa shape index (κ3) is 2.73. The number of nitrogens with two attached hydrogens (primary N) is 2. The number of aliphatic hydroxyl groups excluding tert-OH is 2. The molecule has 0 unspecified atom stereocenters. The van der Waals surface area contributed by atoms with Gasteiger partial charge in [0.2, 0.25) is 0 Å². The summed E-state index contributed by atoms with van der Waals surface area (Å²) in [6.07, 6.45) is -4.00. The zero-order valence-electron chi connectivity index (χ0n) is 9.35. The molecule has 0 spiro atoms. The second-order valence-electron chi connectivity index (χ2n) is 4.34. The predicted molar refractivity (Wildman–Crippen MR) is 55.7 cm³/mol. The Balaban J connectivity index is 2.93. The minimum Gasteiger partial charge on any atom is -0.477 e. The van der Waals surface area contributed by atoms with Gasteiger partial charge in [-0.25, -0.2) is 4.79 Å². The van der Waals surface area contributed by atoms with Crippen LogP contribution in [0.1, 0.15) is 13.3 Å². The number of carboxylic acids is 1. The minimum absolute atomic E-state index is 0.549. The van der Waals surface area contributed by atoms with Crippen molar-refractivity contribution >= 4 is 5.97 Å². The first-order chi connectivity index (χ1) is 7.69. The molecule has 0 aromatic heterocycles. The Morgan fingerprint density at radius 3 is 2.53 bits per heavy atom. The molecule has 0 aromatic rings. The molecule has 0 radical (unpaired) electrons. The molecule has 0 aromatic carbocycles. The van der Waals surface area contributed by atoms with Crippen molar-refractivity contribution in [1.82, 2.24) is 0 Å². The zero-order chi connectivity index (χ0) is 13.4. The average Bonchev–Trinajstić information content (AvgIpc) is 2.22. The maximum Gasteiger partial charge on any atom is 0.364 e. The molecule has 1 rings (SSSR count). The van der Waals surface area contributed by atoms with Crippen molar-refractivity contribution in [2.45, 2.75) is 49.5 Å². The van der Waals surface area contributed by atoms with Crippen LogP contribution in [-0.2, 0) is 9.53 Å². The largest absolute Gasteiger partial charge is 0.477 e. The molecule has 0 amide bonds. The Kier molecular flexibility index (Phi) is 4.07. The molecule has 17 heavy (non-hydrogen) atoms. The van der Waals surface area contributed by atoms with Gasteiger partial charge in [-0.3, -0.25) is 0 Å². The number of carboxylic acid groups (broad SMARTS) is 1. The lowest BCUT2D eigenvalue weighted by molar-refractivity contribution is -0.279. The lowest BCUT2D eigenvalue weighted by atomic mass is 9.89. The molecular formula is C9H18N2O6. The molecule has 1 aliphatic heterocycles. The van der Waals surface area contributed by atoms with E-state index in [0.717, 1.165) is 0 Å². The number of hydrogen-bond donors (Lipinski definition) is 6. The summed E-state index contributed by atoms with van der Waals surface area (Å²) >= 11 is 0. The topological polar surface area (TPSA) is 159 Å². The van der Waals surface area contributed by atoms with Crippen molar-refractivity contribution in [3.8, 4) is 0 Å². The Morgan fingerprint density at radius 2 is 2.12 bits per heavy atom. The molecule has 8 nitrogen and oxygen atoms in total. The normalized spacial score (nSPS) is 41.9. The first kappa shape index (κ1) is 14.3. The van der Waals surface area contributed by atoms with Crippen LogP contribution >= 0.6 is 0 Å². The number of carbonyl (C=O) groups is 1. The zero-order valence-corrected chi connectivity index (χ0v) is 9.35. The van der Waals surface area contributed by atoms with Gasteiger partial charge in [-0.05, 0) is 6.92 Å². The van der Waals surface area contributed by atoms with Crippen molar-refractivity contribution in [3.05, 3.63) is 0 Å². The van der Waals surface area contributed by atoms with E-state index in [1.807, 2.05) is 0 Å². The highest BCUT2D eigenvalue weighted by atomic mass is 16.7. The molecule has 8 heteroatoms. The summed E-state index contributed by atoms with van der Waals surface area (Å²) in [5.41, 5.74) is 11.2. The number of hydrogen-bond acceptors (Lipinski definition) is 7. The van der Waals surface area contributed by atoms with E-state index in [4.69, 9.17) is 21.3 Å². The van der Waals surface area contributed by atoms with Crippen LogP contribution < -0.4 is 11.5 Å². The molecule has 0 bridgehead atoms. The highest BCUT2D eigenvalue weighted by Gasteiger charge is 2.51. The summed E-state index contributed by atoms with van der Waals surface area (Å²) in [5, 5.41) is 37.4. The summed E-state index contributed by atoms with van der Waals surface area (Å²) in [6, 6.07) is -1.98. The van der Waals surface area contributed by atoms with Crippen molar-refractivity contribution < 1.29 is 30.0 Å². The van der Waals surface area contributed by atoms with E-state index in [-0.39, 0.29) is 0 Å². The van der Waals surface area contributed by atoms with Crippen LogP contribution in [0.5, 0.6) is 0 Å². The van der Waals surface area contributed by atoms with E-state index >= 15 is 0 Å². The molecule has 6 atom stereocenters. The van der Waals surface area contributed by atoms with Gasteiger partial charge in [-0.1, -0.05) is 0 Å². The predicted octanol–water partition coefficient (Wildman–Crippen LogP) is -3.06. The van der Waals surface area contributed by atoms with Gasteiger partial charge in [0.1, 0.15) is 0 Å². The number of ether oxygens (including phenoxy) is 1. The second kappa shape index (κ2) is 4.84. The Morgan fingerprint density at radius 1 is 1.59 bits per heavy atom. The van der Waals surface area contributed by atoms with Gasteiger partial charge in [-0.2, -0.15) is 0 Å². The minimum atomic E-state index is -2.54. The summed E-state index contributed by atoms with van der Waals surface area (Å²) in [4.78, 5) is 10.8. The monoisotopic (exact) mass is 250 g/mol. The van der Waals surface area contributed by atoms with Crippen molar-refractivity contribution in [2.75, 3.05) is 0 Å². The van der Waals surface area contributed by atoms with Gasteiger partial charge in [0.25, 0.3) is 5.79 Å². The number of aliphatic carboxylic acids is 1. The van der Waals surface area contributed by atoms with Crippen LogP contribution in [0, 0.1) is 0 Å². The standard InChI is InChI=1S/C9H18N2O6/c1-3(12)5(10)7-6(11)4(13)2-9(16,17-7)8(14)15/h3-7,12-13,16H,2,10-11H2,1H3,(H,14,15)/t3-,4-,5-,6+,7-,9-/m0/s1. The van der Waals surface area contributed by atoms with Crippen molar-refractivity contribution in [2.24, 2.45) is 11.5 Å². The highest BCUT2D eigenvalue weighted by Crippen LogP contribution is 2.28. The van der Waals surface area contributed by atoms with E-state index in [1.165, 1.54) is 6.92 Å². The van der Waals surface area contributed by atoms with E-state index in [1.54, 1.807) is 0 Å². The fraction of sp³-hybridized carbons (Fsp3) is 0.889. The summed E-state index contributed by atoms with van der Waals surface area (Å²) in [6.45, 7) is 1.38. The molecule has 0 saturated carbocycles.